The minimum absolute atomic E-state index is 1.08. The number of benzene rings is 1. The molecule has 0 saturated carbocycles. The maximum Gasteiger partial charge on any atom is 0.0639 e. The van der Waals surface area contributed by atoms with Crippen LogP contribution in [0.3, 0.4) is 0 Å². The summed E-state index contributed by atoms with van der Waals surface area (Å²) in [6, 6.07) is 12.5. The molecule has 0 radical (unpaired) electrons. The first-order valence-corrected chi connectivity index (χ1v) is 5.58. The van der Waals surface area contributed by atoms with Gasteiger partial charge in [-0.2, -0.15) is 0 Å². The summed E-state index contributed by atoms with van der Waals surface area (Å²) in [6.45, 7) is 0. The Morgan fingerprint density at radius 3 is 2.88 bits per heavy atom. The number of nitrogens with zero attached hydrogens (tertiary/aromatic N) is 2. The van der Waals surface area contributed by atoms with Crippen molar-refractivity contribution in [2.75, 3.05) is 12.4 Å². The van der Waals surface area contributed by atoms with Gasteiger partial charge in [0.05, 0.1) is 17.4 Å². The van der Waals surface area contributed by atoms with E-state index in [0.717, 1.165) is 11.4 Å². The van der Waals surface area contributed by atoms with Crippen LogP contribution in [0.2, 0.25) is 0 Å². The predicted molar refractivity (Wildman–Crippen MR) is 70.6 cm³/mol. The summed E-state index contributed by atoms with van der Waals surface area (Å²) in [4.78, 5) is 4.15. The maximum atomic E-state index is 4.15. The maximum absolute atomic E-state index is 4.15. The number of hydrogen-bond acceptors (Lipinski definition) is 2. The van der Waals surface area contributed by atoms with E-state index >= 15 is 0 Å². The van der Waals surface area contributed by atoms with Gasteiger partial charge in [0, 0.05) is 30.5 Å². The molecule has 3 aromatic rings. The second-order valence-electron chi connectivity index (χ2n) is 3.92. The third-order valence-corrected chi connectivity index (χ3v) is 2.90. The van der Waals surface area contributed by atoms with Crippen LogP contribution >= 0.6 is 0 Å². The fourth-order valence-electron chi connectivity index (χ4n) is 2.02. The SMILES string of the molecule is CNc1ccc2c(ccn2-c2cccnc2)c1. The van der Waals surface area contributed by atoms with Gasteiger partial charge in [-0.1, -0.05) is 0 Å². The quantitative estimate of drug-likeness (QED) is 0.723. The van der Waals surface area contributed by atoms with Gasteiger partial charge in [0.2, 0.25) is 0 Å². The van der Waals surface area contributed by atoms with Crippen molar-refractivity contribution < 1.29 is 0 Å². The van der Waals surface area contributed by atoms with Crippen molar-refractivity contribution in [3.8, 4) is 5.69 Å². The Hall–Kier alpha value is -2.29. The lowest BCUT2D eigenvalue weighted by Crippen LogP contribution is -1.92. The molecule has 0 aliphatic carbocycles. The Kier molecular flexibility index (Phi) is 2.29. The molecule has 0 bridgehead atoms. The number of hydrogen-bond donors (Lipinski definition) is 1. The van der Waals surface area contributed by atoms with Crippen molar-refractivity contribution in [1.29, 1.82) is 0 Å². The van der Waals surface area contributed by atoms with Crippen LogP contribution < -0.4 is 5.32 Å². The first kappa shape index (κ1) is 9.90. The zero-order chi connectivity index (χ0) is 11.7. The summed E-state index contributed by atoms with van der Waals surface area (Å²) in [7, 11) is 1.93. The van der Waals surface area contributed by atoms with E-state index in [1.807, 2.05) is 19.3 Å². The molecular weight excluding hydrogens is 210 g/mol. The van der Waals surface area contributed by atoms with Crippen LogP contribution in [0.25, 0.3) is 16.6 Å². The molecule has 1 aromatic carbocycles. The monoisotopic (exact) mass is 223 g/mol. The topological polar surface area (TPSA) is 29.9 Å². The van der Waals surface area contributed by atoms with Crippen LogP contribution in [0, 0.1) is 0 Å². The first-order chi connectivity index (χ1) is 8.38. The van der Waals surface area contributed by atoms with Crippen molar-refractivity contribution in [2.45, 2.75) is 0 Å². The molecule has 1 N–H and O–H groups in total. The number of fused-ring (bicyclic) bond motifs is 1. The summed E-state index contributed by atoms with van der Waals surface area (Å²) in [6.07, 6.45) is 5.72. The van der Waals surface area contributed by atoms with Gasteiger partial charge in [0.1, 0.15) is 0 Å². The van der Waals surface area contributed by atoms with Crippen LogP contribution in [0.1, 0.15) is 0 Å². The molecule has 0 amide bonds. The molecule has 17 heavy (non-hydrogen) atoms. The second kappa shape index (κ2) is 3.94. The van der Waals surface area contributed by atoms with Gasteiger partial charge in [-0.15, -0.1) is 0 Å². The Labute approximate surface area is 99.7 Å². The largest absolute Gasteiger partial charge is 0.388 e. The zero-order valence-electron chi connectivity index (χ0n) is 9.59. The van der Waals surface area contributed by atoms with Gasteiger partial charge >= 0.3 is 0 Å². The Bertz CT molecular complexity index is 641. The smallest absolute Gasteiger partial charge is 0.0639 e. The molecule has 3 heteroatoms. The summed E-state index contributed by atoms with van der Waals surface area (Å²) < 4.78 is 2.14. The highest BCUT2D eigenvalue weighted by molar-refractivity contribution is 5.85. The van der Waals surface area contributed by atoms with Crippen LogP contribution in [-0.4, -0.2) is 16.6 Å². The molecule has 84 valence electrons. The third-order valence-electron chi connectivity index (χ3n) is 2.90. The van der Waals surface area contributed by atoms with Crippen LogP contribution in [-0.2, 0) is 0 Å². The lowest BCUT2D eigenvalue weighted by molar-refractivity contribution is 1.10. The van der Waals surface area contributed by atoms with Gasteiger partial charge in [-0.25, -0.2) is 0 Å². The van der Waals surface area contributed by atoms with Gasteiger partial charge < -0.3 is 9.88 Å². The van der Waals surface area contributed by atoms with Gasteiger partial charge in [-0.05, 0) is 36.4 Å². The van der Waals surface area contributed by atoms with E-state index in [4.69, 9.17) is 0 Å². The van der Waals surface area contributed by atoms with Gasteiger partial charge in [0.25, 0.3) is 0 Å². The van der Waals surface area contributed by atoms with E-state index in [1.54, 1.807) is 6.20 Å². The van der Waals surface area contributed by atoms with Crippen LogP contribution in [0.5, 0.6) is 0 Å². The average Bonchev–Trinajstić information content (AvgIpc) is 2.82. The van der Waals surface area contributed by atoms with E-state index < -0.39 is 0 Å². The molecule has 0 spiro atoms. The van der Waals surface area contributed by atoms with E-state index in [9.17, 15) is 0 Å². The van der Waals surface area contributed by atoms with E-state index in [1.165, 1.54) is 10.9 Å². The summed E-state index contributed by atoms with van der Waals surface area (Å²) >= 11 is 0. The second-order valence-corrected chi connectivity index (χ2v) is 3.92. The molecule has 3 rings (SSSR count). The highest BCUT2D eigenvalue weighted by atomic mass is 15.0. The van der Waals surface area contributed by atoms with Crippen molar-refractivity contribution >= 4 is 16.6 Å². The van der Waals surface area contributed by atoms with Gasteiger partial charge in [-0.3, -0.25) is 4.98 Å². The van der Waals surface area contributed by atoms with Crippen molar-refractivity contribution in [3.63, 3.8) is 0 Å². The molecule has 2 heterocycles. The van der Waals surface area contributed by atoms with Crippen molar-refractivity contribution in [1.82, 2.24) is 9.55 Å². The zero-order valence-corrected chi connectivity index (χ0v) is 9.59. The molecule has 0 fully saturated rings. The normalized spacial score (nSPS) is 10.6. The average molecular weight is 223 g/mol. The summed E-state index contributed by atoms with van der Waals surface area (Å²) in [5.41, 5.74) is 3.40. The van der Waals surface area contributed by atoms with Crippen LogP contribution in [0.15, 0.2) is 55.0 Å². The van der Waals surface area contributed by atoms with Crippen molar-refractivity contribution in [3.05, 3.63) is 55.0 Å². The van der Waals surface area contributed by atoms with E-state index in [0.29, 0.717) is 0 Å². The number of rotatable bonds is 2. The summed E-state index contributed by atoms with van der Waals surface area (Å²) in [5.74, 6) is 0. The minimum atomic E-state index is 1.08. The molecule has 2 aromatic heterocycles. The van der Waals surface area contributed by atoms with Gasteiger partial charge in [0.15, 0.2) is 0 Å². The standard InChI is InChI=1S/C14H13N3/c1-15-12-4-5-14-11(9-12)6-8-17(14)13-3-2-7-16-10-13/h2-10,15H,1H3. The lowest BCUT2D eigenvalue weighted by atomic mass is 10.2. The number of pyridine rings is 1. The molecule has 0 unspecified atom stereocenters. The fourth-order valence-corrected chi connectivity index (χ4v) is 2.02. The van der Waals surface area contributed by atoms with Crippen molar-refractivity contribution in [2.24, 2.45) is 0 Å². The molecule has 0 atom stereocenters. The fraction of sp³-hybridized carbons (Fsp3) is 0.0714. The highest BCUT2D eigenvalue weighted by Crippen LogP contribution is 2.22. The number of nitrogens with one attached hydrogen (secondary N) is 1. The van der Waals surface area contributed by atoms with E-state index in [-0.39, 0.29) is 0 Å². The molecule has 0 saturated heterocycles. The van der Waals surface area contributed by atoms with E-state index in [2.05, 4.69) is 51.4 Å². The molecule has 0 aliphatic heterocycles. The molecule has 0 aliphatic rings. The number of anilines is 1. The highest BCUT2D eigenvalue weighted by Gasteiger charge is 2.03. The Balaban J connectivity index is 2.19. The Morgan fingerprint density at radius 2 is 2.12 bits per heavy atom. The minimum Gasteiger partial charge on any atom is -0.388 e. The predicted octanol–water partition coefficient (Wildman–Crippen LogP) is 3.07. The summed E-state index contributed by atoms with van der Waals surface area (Å²) in [5, 5.41) is 4.37. The Morgan fingerprint density at radius 1 is 1.18 bits per heavy atom. The van der Waals surface area contributed by atoms with Crippen LogP contribution in [0.4, 0.5) is 5.69 Å². The third kappa shape index (κ3) is 1.65. The lowest BCUT2D eigenvalue weighted by Gasteiger charge is -2.05. The molecule has 3 nitrogen and oxygen atoms in total. The first-order valence-electron chi connectivity index (χ1n) is 5.58. The molecular formula is C14H13N3. The number of aromatic nitrogens is 2.